The average molecular weight is 314 g/mol. The van der Waals surface area contributed by atoms with Crippen molar-refractivity contribution in [1.29, 1.82) is 0 Å². The zero-order valence-electron chi connectivity index (χ0n) is 15.1. The van der Waals surface area contributed by atoms with Gasteiger partial charge in [-0.05, 0) is 39.7 Å². The fourth-order valence-electron chi connectivity index (χ4n) is 2.03. The van der Waals surface area contributed by atoms with Crippen LogP contribution in [0, 0.1) is 5.92 Å². The first-order valence-corrected chi connectivity index (χ1v) is 8.42. The number of carbonyl (C=O) groups excluding carboxylic acids is 2. The minimum Gasteiger partial charge on any atom is -0.369 e. The van der Waals surface area contributed by atoms with Gasteiger partial charge in [0.2, 0.25) is 5.91 Å². The molecule has 0 fully saturated rings. The molecule has 0 unspecified atom stereocenters. The third kappa shape index (κ3) is 10.7. The van der Waals surface area contributed by atoms with E-state index in [1.807, 2.05) is 27.7 Å². The molecule has 1 amide bonds. The SMILES string of the molecule is CC(C)NCCCC[C@H](NC(=O)COC(C)C)C(=O)C(C)C. The largest absolute Gasteiger partial charge is 0.369 e. The van der Waals surface area contributed by atoms with Gasteiger partial charge in [-0.3, -0.25) is 9.59 Å². The Morgan fingerprint density at radius 3 is 2.14 bits per heavy atom. The molecular weight excluding hydrogens is 280 g/mol. The molecule has 0 spiro atoms. The molecule has 22 heavy (non-hydrogen) atoms. The van der Waals surface area contributed by atoms with Crippen LogP contribution < -0.4 is 10.6 Å². The summed E-state index contributed by atoms with van der Waals surface area (Å²) in [5, 5.41) is 6.17. The molecule has 0 bridgehead atoms. The maximum Gasteiger partial charge on any atom is 0.246 e. The second-order valence-electron chi connectivity index (χ2n) is 6.64. The second-order valence-corrected chi connectivity index (χ2v) is 6.64. The van der Waals surface area contributed by atoms with Gasteiger partial charge in [-0.1, -0.05) is 27.7 Å². The highest BCUT2D eigenvalue weighted by molar-refractivity contribution is 5.90. The molecule has 0 aliphatic heterocycles. The third-order valence-electron chi connectivity index (χ3n) is 3.27. The van der Waals surface area contributed by atoms with Crippen LogP contribution in [-0.4, -0.2) is 43.0 Å². The van der Waals surface area contributed by atoms with Gasteiger partial charge in [0.25, 0.3) is 0 Å². The van der Waals surface area contributed by atoms with Crippen LogP contribution in [-0.2, 0) is 14.3 Å². The first-order chi connectivity index (χ1) is 10.2. The van der Waals surface area contributed by atoms with Crippen molar-refractivity contribution in [2.75, 3.05) is 13.2 Å². The van der Waals surface area contributed by atoms with E-state index in [0.29, 0.717) is 12.5 Å². The van der Waals surface area contributed by atoms with Crippen LogP contribution in [0.1, 0.15) is 60.8 Å². The molecule has 0 aliphatic rings. The molecule has 0 aromatic rings. The molecule has 2 N–H and O–H groups in total. The van der Waals surface area contributed by atoms with Crippen molar-refractivity contribution < 1.29 is 14.3 Å². The number of nitrogens with one attached hydrogen (secondary N) is 2. The van der Waals surface area contributed by atoms with Crippen molar-refractivity contribution in [2.24, 2.45) is 5.92 Å². The molecule has 5 heteroatoms. The molecule has 1 atom stereocenters. The lowest BCUT2D eigenvalue weighted by atomic mass is 9.97. The Kier molecular flexibility index (Phi) is 11.1. The lowest BCUT2D eigenvalue weighted by molar-refractivity contribution is -0.132. The Labute approximate surface area is 135 Å². The fraction of sp³-hybridized carbons (Fsp3) is 0.882. The lowest BCUT2D eigenvalue weighted by Crippen LogP contribution is -2.44. The Hall–Kier alpha value is -0.940. The Morgan fingerprint density at radius 2 is 1.64 bits per heavy atom. The number of hydrogen-bond acceptors (Lipinski definition) is 4. The molecule has 130 valence electrons. The summed E-state index contributed by atoms with van der Waals surface area (Å²) in [5.74, 6) is -0.201. The quantitative estimate of drug-likeness (QED) is 0.542. The van der Waals surface area contributed by atoms with Crippen molar-refractivity contribution >= 4 is 11.7 Å². The third-order valence-corrected chi connectivity index (χ3v) is 3.27. The minimum absolute atomic E-state index is 0.00658. The van der Waals surface area contributed by atoms with Crippen LogP contribution in [0.3, 0.4) is 0 Å². The normalized spacial score (nSPS) is 13.0. The molecule has 0 aromatic carbocycles. The first-order valence-electron chi connectivity index (χ1n) is 8.42. The predicted octanol–water partition coefficient (Wildman–Crippen LogP) is 2.29. The van der Waals surface area contributed by atoms with Crippen molar-refractivity contribution in [1.82, 2.24) is 10.6 Å². The fourth-order valence-corrected chi connectivity index (χ4v) is 2.03. The highest BCUT2D eigenvalue weighted by Crippen LogP contribution is 2.08. The van der Waals surface area contributed by atoms with Crippen molar-refractivity contribution in [3.63, 3.8) is 0 Å². The van der Waals surface area contributed by atoms with Crippen LogP contribution in [0.4, 0.5) is 0 Å². The summed E-state index contributed by atoms with van der Waals surface area (Å²) in [7, 11) is 0. The van der Waals surface area contributed by atoms with E-state index in [1.165, 1.54) is 0 Å². The topological polar surface area (TPSA) is 67.4 Å². The molecular formula is C17H34N2O3. The van der Waals surface area contributed by atoms with E-state index < -0.39 is 6.04 Å². The summed E-state index contributed by atoms with van der Waals surface area (Å²) in [5.41, 5.74) is 0. The molecule has 0 saturated carbocycles. The number of ketones is 1. The van der Waals surface area contributed by atoms with E-state index in [9.17, 15) is 9.59 Å². The van der Waals surface area contributed by atoms with Crippen LogP contribution in [0.15, 0.2) is 0 Å². The van der Waals surface area contributed by atoms with E-state index in [4.69, 9.17) is 4.74 Å². The van der Waals surface area contributed by atoms with E-state index in [1.54, 1.807) is 0 Å². The Balaban J connectivity index is 4.27. The van der Waals surface area contributed by atoms with Gasteiger partial charge in [0.15, 0.2) is 5.78 Å². The van der Waals surface area contributed by atoms with E-state index >= 15 is 0 Å². The summed E-state index contributed by atoms with van der Waals surface area (Å²) in [4.78, 5) is 24.1. The van der Waals surface area contributed by atoms with Gasteiger partial charge in [0.1, 0.15) is 6.61 Å². The number of ether oxygens (including phenoxy) is 1. The van der Waals surface area contributed by atoms with Crippen LogP contribution >= 0.6 is 0 Å². The number of hydrogen-bond donors (Lipinski definition) is 2. The second kappa shape index (κ2) is 11.6. The van der Waals surface area contributed by atoms with Crippen LogP contribution in [0.2, 0.25) is 0 Å². The number of Topliss-reactive ketones (excluding diaryl/α,β-unsaturated/α-hetero) is 1. The highest BCUT2D eigenvalue weighted by Gasteiger charge is 2.22. The summed E-state index contributed by atoms with van der Waals surface area (Å²) in [6, 6.07) is 0.0725. The molecule has 0 rings (SSSR count). The predicted molar refractivity (Wildman–Crippen MR) is 89.9 cm³/mol. The van der Waals surface area contributed by atoms with Gasteiger partial charge in [0.05, 0.1) is 12.1 Å². The highest BCUT2D eigenvalue weighted by atomic mass is 16.5. The van der Waals surface area contributed by atoms with Crippen LogP contribution in [0.5, 0.6) is 0 Å². The number of unbranched alkanes of at least 4 members (excludes halogenated alkanes) is 1. The van der Waals surface area contributed by atoms with Gasteiger partial charge in [-0.15, -0.1) is 0 Å². The molecule has 0 heterocycles. The van der Waals surface area contributed by atoms with Gasteiger partial charge in [-0.2, -0.15) is 0 Å². The summed E-state index contributed by atoms with van der Waals surface area (Å²) in [6.45, 7) is 12.7. The monoisotopic (exact) mass is 314 g/mol. The van der Waals surface area contributed by atoms with E-state index in [2.05, 4.69) is 24.5 Å². The van der Waals surface area contributed by atoms with Crippen molar-refractivity contribution in [3.8, 4) is 0 Å². The van der Waals surface area contributed by atoms with Gasteiger partial charge >= 0.3 is 0 Å². The molecule has 0 aromatic heterocycles. The van der Waals surface area contributed by atoms with Crippen molar-refractivity contribution in [2.45, 2.75) is 79.0 Å². The number of rotatable bonds is 12. The maximum atomic E-state index is 12.2. The van der Waals surface area contributed by atoms with Gasteiger partial charge in [0, 0.05) is 12.0 Å². The molecule has 0 radical (unpaired) electrons. The average Bonchev–Trinajstić information content (AvgIpc) is 2.42. The molecule has 0 aliphatic carbocycles. The number of carbonyl (C=O) groups is 2. The minimum atomic E-state index is -0.401. The maximum absolute atomic E-state index is 12.2. The Morgan fingerprint density at radius 1 is 1.00 bits per heavy atom. The Bertz CT molecular complexity index is 328. The van der Waals surface area contributed by atoms with Gasteiger partial charge in [-0.25, -0.2) is 0 Å². The summed E-state index contributed by atoms with van der Waals surface area (Å²) in [6.07, 6.45) is 2.60. The van der Waals surface area contributed by atoms with Crippen molar-refractivity contribution in [3.05, 3.63) is 0 Å². The van der Waals surface area contributed by atoms with E-state index in [0.717, 1.165) is 19.4 Å². The smallest absolute Gasteiger partial charge is 0.246 e. The standard InChI is InChI=1S/C17H34N2O3/c1-12(2)17(21)15(9-7-8-10-18-13(3)4)19-16(20)11-22-14(5)6/h12-15,18H,7-11H2,1-6H3,(H,19,20)/t15-/m0/s1. The zero-order chi connectivity index (χ0) is 17.1. The summed E-state index contributed by atoms with van der Waals surface area (Å²) >= 11 is 0. The molecule has 0 saturated heterocycles. The van der Waals surface area contributed by atoms with E-state index in [-0.39, 0.29) is 30.3 Å². The number of amides is 1. The first kappa shape index (κ1) is 21.1. The lowest BCUT2D eigenvalue weighted by Gasteiger charge is -2.20. The molecule has 5 nitrogen and oxygen atoms in total. The summed E-state index contributed by atoms with van der Waals surface area (Å²) < 4.78 is 5.28. The van der Waals surface area contributed by atoms with Gasteiger partial charge < -0.3 is 15.4 Å². The van der Waals surface area contributed by atoms with Crippen LogP contribution in [0.25, 0.3) is 0 Å². The zero-order valence-corrected chi connectivity index (χ0v) is 15.1.